The van der Waals surface area contributed by atoms with Gasteiger partial charge in [-0.05, 0) is 93.3 Å². The molecule has 0 radical (unpaired) electrons. The number of benzene rings is 2. The van der Waals surface area contributed by atoms with Gasteiger partial charge in [0, 0.05) is 49.0 Å². The molecule has 51 heavy (non-hydrogen) atoms. The summed E-state index contributed by atoms with van der Waals surface area (Å²) in [6, 6.07) is 17.1. The van der Waals surface area contributed by atoms with Crippen molar-refractivity contribution in [3.05, 3.63) is 88.6 Å². The van der Waals surface area contributed by atoms with Crippen LogP contribution in [-0.4, -0.2) is 63.8 Å². The highest BCUT2D eigenvalue weighted by atomic mass is 16.6. The fourth-order valence-electron chi connectivity index (χ4n) is 7.93. The molecule has 3 aromatic rings. The SMILES string of the molecule is CN(Cc1ccccc1CN(CC(=O)Nc1ccc2c(c1)C[C@@]1(C2)C(=O)Nc2ncccc21)C(=O)C1(C)CCCCC(N)C1)C(=O)OC(C)(C)C. The first-order valence-corrected chi connectivity index (χ1v) is 17.9. The Morgan fingerprint density at radius 2 is 1.75 bits per heavy atom. The van der Waals surface area contributed by atoms with E-state index in [4.69, 9.17) is 10.5 Å². The lowest BCUT2D eigenvalue weighted by molar-refractivity contribution is -0.145. The molecule has 1 spiro atoms. The van der Waals surface area contributed by atoms with Crippen LogP contribution in [0.5, 0.6) is 0 Å². The van der Waals surface area contributed by atoms with Gasteiger partial charge in [0.05, 0.1) is 5.41 Å². The Hall–Kier alpha value is -4.77. The number of hydrogen-bond acceptors (Lipinski definition) is 7. The summed E-state index contributed by atoms with van der Waals surface area (Å²) in [4.78, 5) is 61.8. The largest absolute Gasteiger partial charge is 0.444 e. The van der Waals surface area contributed by atoms with E-state index in [-0.39, 0.29) is 43.4 Å². The molecule has 2 aromatic carbocycles. The Kier molecular flexibility index (Phi) is 9.96. The third-order valence-corrected chi connectivity index (χ3v) is 10.5. The molecule has 2 heterocycles. The second kappa shape index (κ2) is 14.1. The number of hydrogen-bond donors (Lipinski definition) is 3. The van der Waals surface area contributed by atoms with Crippen molar-refractivity contribution < 1.29 is 23.9 Å². The van der Waals surface area contributed by atoms with Gasteiger partial charge in [-0.15, -0.1) is 0 Å². The van der Waals surface area contributed by atoms with Crippen LogP contribution in [0.2, 0.25) is 0 Å². The lowest BCUT2D eigenvalue weighted by atomic mass is 9.79. The van der Waals surface area contributed by atoms with Crippen molar-refractivity contribution in [1.29, 1.82) is 0 Å². The summed E-state index contributed by atoms with van der Waals surface area (Å²) in [5.41, 5.74) is 9.64. The molecule has 4 amide bonds. The molecule has 6 rings (SSSR count). The third kappa shape index (κ3) is 7.78. The van der Waals surface area contributed by atoms with Crippen LogP contribution in [0.15, 0.2) is 60.8 Å². The van der Waals surface area contributed by atoms with E-state index in [1.807, 2.05) is 82.3 Å². The predicted octanol–water partition coefficient (Wildman–Crippen LogP) is 5.70. The number of ether oxygens (including phenoxy) is 1. The van der Waals surface area contributed by atoms with Crippen LogP contribution >= 0.6 is 0 Å². The second-order valence-electron chi connectivity index (χ2n) is 15.9. The highest BCUT2D eigenvalue weighted by Gasteiger charge is 2.51. The van der Waals surface area contributed by atoms with E-state index < -0.39 is 22.5 Å². The molecule has 3 atom stereocenters. The van der Waals surface area contributed by atoms with Crippen LogP contribution in [-0.2, 0) is 50.5 Å². The number of carbonyl (C=O) groups is 4. The Morgan fingerprint density at radius 1 is 1.02 bits per heavy atom. The molecular formula is C40H50N6O5. The number of aromatic nitrogens is 1. The number of carbonyl (C=O) groups excluding carboxylic acids is 4. The number of anilines is 2. The zero-order valence-electron chi connectivity index (χ0n) is 30.4. The topological polar surface area (TPSA) is 147 Å². The smallest absolute Gasteiger partial charge is 0.410 e. The Bertz CT molecular complexity index is 1840. The van der Waals surface area contributed by atoms with Crippen LogP contribution in [0.25, 0.3) is 0 Å². The summed E-state index contributed by atoms with van der Waals surface area (Å²) < 4.78 is 5.57. The number of nitrogens with two attached hydrogens (primary N) is 1. The molecule has 4 N–H and O–H groups in total. The standard InChI is InChI=1S/C40H50N6O5/c1-38(2,3)51-37(50)45(5)23-27-11-6-7-12-28(27)24-46(36(49)39(4)17-9-8-13-30(41)22-39)25-33(47)43-31-16-15-26-20-40(21-29(26)19-31)32-14-10-18-42-34(32)44-35(40)48/h6-7,10-12,14-16,18-19,30H,8-9,13,17,20-25,41H2,1-5H3,(H,43,47)(H,42,44,48)/t30?,39?,40-/m1/s1. The number of amides is 4. The van der Waals surface area contributed by atoms with E-state index in [9.17, 15) is 19.2 Å². The molecule has 0 bridgehead atoms. The lowest BCUT2D eigenvalue weighted by Gasteiger charge is -2.35. The van der Waals surface area contributed by atoms with Crippen LogP contribution in [0.1, 0.15) is 87.6 Å². The molecule has 1 aliphatic heterocycles. The van der Waals surface area contributed by atoms with Crippen molar-refractivity contribution in [2.45, 2.75) is 103 Å². The van der Waals surface area contributed by atoms with Gasteiger partial charge in [0.2, 0.25) is 17.7 Å². The third-order valence-electron chi connectivity index (χ3n) is 10.5. The van der Waals surface area contributed by atoms with Crippen molar-refractivity contribution >= 4 is 35.3 Å². The van der Waals surface area contributed by atoms with Crippen molar-refractivity contribution in [1.82, 2.24) is 14.8 Å². The van der Waals surface area contributed by atoms with Crippen molar-refractivity contribution in [2.24, 2.45) is 11.1 Å². The number of nitrogens with one attached hydrogen (secondary N) is 2. The molecule has 0 saturated heterocycles. The van der Waals surface area contributed by atoms with Gasteiger partial charge in [0.1, 0.15) is 18.0 Å². The highest BCUT2D eigenvalue weighted by Crippen LogP contribution is 2.47. The molecule has 2 aliphatic carbocycles. The molecule has 1 fully saturated rings. The summed E-state index contributed by atoms with van der Waals surface area (Å²) in [5.74, 6) is 0.112. The first kappa shape index (κ1) is 36.0. The molecule has 270 valence electrons. The maximum Gasteiger partial charge on any atom is 0.410 e. The van der Waals surface area contributed by atoms with Gasteiger partial charge < -0.3 is 30.9 Å². The molecule has 3 aliphatic rings. The van der Waals surface area contributed by atoms with E-state index >= 15 is 0 Å². The quantitative estimate of drug-likeness (QED) is 0.256. The van der Waals surface area contributed by atoms with Gasteiger partial charge in [-0.25, -0.2) is 9.78 Å². The summed E-state index contributed by atoms with van der Waals surface area (Å²) in [6.45, 7) is 7.74. The summed E-state index contributed by atoms with van der Waals surface area (Å²) in [6.07, 6.45) is 6.27. The minimum Gasteiger partial charge on any atom is -0.444 e. The molecule has 1 saturated carbocycles. The summed E-state index contributed by atoms with van der Waals surface area (Å²) in [7, 11) is 1.68. The first-order chi connectivity index (χ1) is 24.2. The maximum atomic E-state index is 14.5. The van der Waals surface area contributed by atoms with Crippen LogP contribution in [0.3, 0.4) is 0 Å². The normalized spacial score (nSPS) is 22.4. The fourth-order valence-corrected chi connectivity index (χ4v) is 7.93. The average Bonchev–Trinajstić information content (AvgIpc) is 3.51. The van der Waals surface area contributed by atoms with E-state index in [1.54, 1.807) is 18.1 Å². The number of rotatable bonds is 8. The van der Waals surface area contributed by atoms with Gasteiger partial charge in [-0.3, -0.25) is 14.4 Å². The predicted molar refractivity (Wildman–Crippen MR) is 196 cm³/mol. The molecule has 11 nitrogen and oxygen atoms in total. The van der Waals surface area contributed by atoms with Gasteiger partial charge in [0.25, 0.3) is 0 Å². The maximum absolute atomic E-state index is 14.5. The van der Waals surface area contributed by atoms with Crippen molar-refractivity contribution in [2.75, 3.05) is 24.2 Å². The van der Waals surface area contributed by atoms with E-state index in [0.717, 1.165) is 47.1 Å². The number of pyridine rings is 1. The van der Waals surface area contributed by atoms with Gasteiger partial charge in [0.15, 0.2) is 0 Å². The minimum atomic E-state index is -0.715. The zero-order chi connectivity index (χ0) is 36.6. The van der Waals surface area contributed by atoms with Gasteiger partial charge in [-0.2, -0.15) is 0 Å². The van der Waals surface area contributed by atoms with Crippen LogP contribution in [0.4, 0.5) is 16.3 Å². The monoisotopic (exact) mass is 694 g/mol. The van der Waals surface area contributed by atoms with E-state index in [0.29, 0.717) is 37.2 Å². The van der Waals surface area contributed by atoms with Crippen LogP contribution < -0.4 is 16.4 Å². The van der Waals surface area contributed by atoms with Crippen molar-refractivity contribution in [3.8, 4) is 0 Å². The Labute approximate surface area is 300 Å². The minimum absolute atomic E-state index is 0.0589. The Balaban J connectivity index is 1.22. The first-order valence-electron chi connectivity index (χ1n) is 17.9. The van der Waals surface area contributed by atoms with Crippen molar-refractivity contribution in [3.63, 3.8) is 0 Å². The zero-order valence-corrected chi connectivity index (χ0v) is 30.4. The molecule has 1 aromatic heterocycles. The molecule has 2 unspecified atom stereocenters. The highest BCUT2D eigenvalue weighted by molar-refractivity contribution is 6.06. The summed E-state index contributed by atoms with van der Waals surface area (Å²) in [5, 5.41) is 5.97. The Morgan fingerprint density at radius 3 is 2.49 bits per heavy atom. The lowest BCUT2D eigenvalue weighted by Crippen LogP contribution is -2.47. The van der Waals surface area contributed by atoms with E-state index in [1.165, 1.54) is 4.90 Å². The second-order valence-corrected chi connectivity index (χ2v) is 15.9. The molecule has 11 heteroatoms. The summed E-state index contributed by atoms with van der Waals surface area (Å²) >= 11 is 0. The fraction of sp³-hybridized carbons (Fsp3) is 0.475. The van der Waals surface area contributed by atoms with E-state index in [2.05, 4.69) is 15.6 Å². The van der Waals surface area contributed by atoms with Gasteiger partial charge >= 0.3 is 6.09 Å². The average molecular weight is 695 g/mol. The van der Waals surface area contributed by atoms with Gasteiger partial charge in [-0.1, -0.05) is 56.2 Å². The number of fused-ring (bicyclic) bond motifs is 3. The van der Waals surface area contributed by atoms with Crippen LogP contribution in [0, 0.1) is 5.41 Å². The number of nitrogens with zero attached hydrogens (tertiary/aromatic N) is 3. The molecular weight excluding hydrogens is 644 g/mol.